The van der Waals surface area contributed by atoms with E-state index in [1.54, 1.807) is 43.7 Å². The molecule has 57 heavy (non-hydrogen) atoms. The van der Waals surface area contributed by atoms with Gasteiger partial charge >= 0.3 is 0 Å². The van der Waals surface area contributed by atoms with E-state index in [1.165, 1.54) is 5.56 Å². The fourth-order valence-corrected chi connectivity index (χ4v) is 9.48. The number of ether oxygens (including phenoxy) is 2. The van der Waals surface area contributed by atoms with Crippen molar-refractivity contribution in [2.45, 2.75) is 136 Å². The van der Waals surface area contributed by atoms with Crippen LogP contribution in [0, 0.1) is 23.7 Å². The van der Waals surface area contributed by atoms with Gasteiger partial charge in [0.15, 0.2) is 0 Å². The van der Waals surface area contributed by atoms with Crippen molar-refractivity contribution in [3.63, 3.8) is 0 Å². The Labute approximate surface area is 346 Å². The van der Waals surface area contributed by atoms with Crippen LogP contribution in [0.15, 0.2) is 41.9 Å². The molecule has 1 saturated heterocycles. The van der Waals surface area contributed by atoms with Crippen LogP contribution in [0.3, 0.4) is 0 Å². The molecule has 3 rings (SSSR count). The van der Waals surface area contributed by atoms with E-state index in [9.17, 15) is 19.2 Å². The lowest BCUT2D eigenvalue weighted by molar-refractivity contribution is -0.148. The molecule has 1 aromatic carbocycles. The Balaban J connectivity index is 1.78. The zero-order chi connectivity index (χ0) is 42.6. The Kier molecular flexibility index (Phi) is 19.1. The predicted molar refractivity (Wildman–Crippen MR) is 228 cm³/mol. The molecule has 2 aromatic rings. The van der Waals surface area contributed by atoms with Gasteiger partial charge in [-0.3, -0.25) is 24.1 Å². The van der Waals surface area contributed by atoms with Gasteiger partial charge in [-0.25, -0.2) is 4.98 Å². The number of methoxy groups -OCH3 is 2. The van der Waals surface area contributed by atoms with Crippen molar-refractivity contribution in [1.82, 2.24) is 30.3 Å². The molecule has 2 heterocycles. The number of hydrogen-bond donors (Lipinski definition) is 2. The van der Waals surface area contributed by atoms with E-state index in [-0.39, 0.29) is 71.8 Å². The molecule has 0 spiro atoms. The van der Waals surface area contributed by atoms with Crippen LogP contribution >= 0.6 is 11.3 Å². The molecule has 13 heteroatoms. The highest BCUT2D eigenvalue weighted by Crippen LogP contribution is 2.31. The average molecular weight is 813 g/mol. The van der Waals surface area contributed by atoms with Crippen molar-refractivity contribution in [3.8, 4) is 0 Å². The zero-order valence-corrected chi connectivity index (χ0v) is 37.7. The molecule has 12 nitrogen and oxygen atoms in total. The van der Waals surface area contributed by atoms with E-state index in [0.29, 0.717) is 13.0 Å². The first-order chi connectivity index (χ1) is 27.0. The highest BCUT2D eigenvalue weighted by Gasteiger charge is 2.43. The number of rotatable bonds is 22. The van der Waals surface area contributed by atoms with Crippen LogP contribution in [0.5, 0.6) is 0 Å². The lowest BCUT2D eigenvalue weighted by Gasteiger charge is -2.41. The van der Waals surface area contributed by atoms with Gasteiger partial charge in [-0.2, -0.15) is 0 Å². The number of carbonyl (C=O) groups excluding carboxylic acids is 4. The minimum Gasteiger partial charge on any atom is -0.379 e. The van der Waals surface area contributed by atoms with E-state index in [1.807, 2.05) is 89.0 Å². The number of carbonyl (C=O) groups is 4. The molecular weight excluding hydrogens is 741 g/mol. The number of likely N-dealkylation sites (N-methyl/N-ethyl adjacent to an activating group) is 2. The number of likely N-dealkylation sites (tertiary alicyclic amines) is 1. The molecule has 0 saturated carbocycles. The third kappa shape index (κ3) is 12.6. The van der Waals surface area contributed by atoms with Crippen molar-refractivity contribution in [2.75, 3.05) is 41.9 Å². The van der Waals surface area contributed by atoms with Crippen molar-refractivity contribution in [3.05, 3.63) is 52.5 Å². The third-order valence-corrected chi connectivity index (χ3v) is 12.9. The molecule has 1 aliphatic heterocycles. The number of benzene rings is 1. The van der Waals surface area contributed by atoms with Crippen molar-refractivity contribution >= 4 is 35.0 Å². The van der Waals surface area contributed by atoms with Gasteiger partial charge in [0.2, 0.25) is 23.6 Å². The molecular formula is C44H72N6O6S. The average Bonchev–Trinajstić information content (AvgIpc) is 3.89. The summed E-state index contributed by atoms with van der Waals surface area (Å²) in [6.07, 6.45) is 3.70. The van der Waals surface area contributed by atoms with Gasteiger partial charge in [-0.1, -0.05) is 85.2 Å². The molecule has 2 N–H and O–H groups in total. The second-order valence-corrected chi connectivity index (χ2v) is 17.9. The van der Waals surface area contributed by atoms with Crippen molar-refractivity contribution in [1.29, 1.82) is 0 Å². The third-order valence-electron chi connectivity index (χ3n) is 12.0. The maximum atomic E-state index is 14.3. The number of thiazole rings is 1. The highest BCUT2D eigenvalue weighted by molar-refractivity contribution is 7.09. The van der Waals surface area contributed by atoms with E-state index < -0.39 is 30.2 Å². The van der Waals surface area contributed by atoms with E-state index in [2.05, 4.69) is 41.6 Å². The quantitative estimate of drug-likeness (QED) is 0.157. The Morgan fingerprint density at radius 2 is 1.60 bits per heavy atom. The fourth-order valence-electron chi connectivity index (χ4n) is 8.63. The number of nitrogens with zero attached hydrogens (tertiary/aromatic N) is 4. The van der Waals surface area contributed by atoms with Crippen LogP contribution in [0.1, 0.15) is 97.6 Å². The lowest BCUT2D eigenvalue weighted by atomic mass is 9.89. The summed E-state index contributed by atoms with van der Waals surface area (Å²) in [6.45, 7) is 16.4. The smallest absolute Gasteiger partial charge is 0.245 e. The first kappa shape index (κ1) is 48.0. The van der Waals surface area contributed by atoms with E-state index in [0.717, 1.165) is 24.3 Å². The van der Waals surface area contributed by atoms with Crippen LogP contribution < -0.4 is 10.6 Å². The summed E-state index contributed by atoms with van der Waals surface area (Å²) < 4.78 is 12.1. The molecule has 0 bridgehead atoms. The summed E-state index contributed by atoms with van der Waals surface area (Å²) in [5.41, 5.74) is 1.17. The molecule has 10 atom stereocenters. The number of aromatic nitrogens is 1. The number of amides is 4. The van der Waals surface area contributed by atoms with Gasteiger partial charge in [-0.15, -0.1) is 11.3 Å². The first-order valence-corrected chi connectivity index (χ1v) is 21.7. The Bertz CT molecular complexity index is 1530. The normalized spacial score (nSPS) is 19.4. The maximum absolute atomic E-state index is 14.3. The maximum Gasteiger partial charge on any atom is 0.245 e. The summed E-state index contributed by atoms with van der Waals surface area (Å²) in [7, 11) is 8.68. The first-order valence-electron chi connectivity index (χ1n) is 20.8. The molecule has 320 valence electrons. The molecule has 0 aliphatic carbocycles. The van der Waals surface area contributed by atoms with E-state index in [4.69, 9.17) is 9.47 Å². The van der Waals surface area contributed by atoms with Gasteiger partial charge in [0.25, 0.3) is 0 Å². The fraction of sp³-hybridized carbons (Fsp3) is 0.705. The zero-order valence-electron chi connectivity index (χ0n) is 36.9. The largest absolute Gasteiger partial charge is 0.379 e. The van der Waals surface area contributed by atoms with Crippen LogP contribution in [-0.4, -0.2) is 128 Å². The number of nitrogens with one attached hydrogen (secondary N) is 2. The second-order valence-electron chi connectivity index (χ2n) is 16.9. The van der Waals surface area contributed by atoms with Gasteiger partial charge < -0.3 is 29.9 Å². The predicted octanol–water partition coefficient (Wildman–Crippen LogP) is 5.62. The van der Waals surface area contributed by atoms with Crippen LogP contribution in [-0.2, 0) is 35.1 Å². The van der Waals surface area contributed by atoms with Crippen LogP contribution in [0.4, 0.5) is 0 Å². The van der Waals surface area contributed by atoms with Crippen LogP contribution in [0.25, 0.3) is 0 Å². The molecule has 4 amide bonds. The summed E-state index contributed by atoms with van der Waals surface area (Å²) in [4.78, 5) is 66.1. The summed E-state index contributed by atoms with van der Waals surface area (Å²) in [6, 6.07) is 8.16. The summed E-state index contributed by atoms with van der Waals surface area (Å²) >= 11 is 1.59. The van der Waals surface area contributed by atoms with Gasteiger partial charge in [0.1, 0.15) is 6.04 Å². The SMILES string of the molecule is CC[C@H](C)[C@@H]([C@@H](CC(=O)N1CCC[C@H]1[C@H](OC)[C@@H](C)C(=O)N[C@H](C)[C@H](Cc1ccccc1)c1nccs1)OC)N(C)C(=O)[C@@H](NC(=O)[C@H](C(C)C)N(C)C)C(C)C. The Morgan fingerprint density at radius 1 is 0.930 bits per heavy atom. The minimum absolute atomic E-state index is 0.00713. The Hall–Kier alpha value is -3.39. The molecule has 0 radical (unpaired) electrons. The van der Waals surface area contributed by atoms with Crippen molar-refractivity contribution < 1.29 is 28.7 Å². The monoisotopic (exact) mass is 813 g/mol. The van der Waals surface area contributed by atoms with Gasteiger partial charge in [0.05, 0.1) is 47.7 Å². The minimum atomic E-state index is -0.751. The van der Waals surface area contributed by atoms with E-state index >= 15 is 0 Å². The topological polar surface area (TPSA) is 133 Å². The second kappa shape index (κ2) is 22.7. The summed E-state index contributed by atoms with van der Waals surface area (Å²) in [5, 5.41) is 9.26. The molecule has 1 fully saturated rings. The lowest BCUT2D eigenvalue weighted by Crippen LogP contribution is -2.59. The standard InChI is InChI=1S/C44H72N6O6S/c1-14-29(6)39(49(11)44(54)37(27(2)3)47-42(53)38(28(4)5)48(9)10)35(55-12)26-36(51)50-23-18-21-34(50)40(56-13)30(7)41(52)46-31(8)33(43-45-22-24-57-43)25-32-19-16-15-17-20-32/h15-17,19-20,22,24,27-31,33-35,37-40H,14,18,21,23,25-26H2,1-13H3,(H,46,52)(H,47,53)/t29-,30+,31+,33-,34-,35+,37-,38-,39-,40+/m0/s1. The van der Waals surface area contributed by atoms with Crippen molar-refractivity contribution in [2.24, 2.45) is 23.7 Å². The molecule has 0 unspecified atom stereocenters. The molecule has 1 aliphatic rings. The highest BCUT2D eigenvalue weighted by atomic mass is 32.1. The number of hydrogen-bond acceptors (Lipinski definition) is 9. The summed E-state index contributed by atoms with van der Waals surface area (Å²) in [5.74, 6) is -1.31. The van der Waals surface area contributed by atoms with Gasteiger partial charge in [0, 0.05) is 51.3 Å². The van der Waals surface area contributed by atoms with Gasteiger partial charge in [-0.05, 0) is 63.6 Å². The van der Waals surface area contributed by atoms with Crippen LogP contribution in [0.2, 0.25) is 0 Å². The molecule has 1 aromatic heterocycles. The Morgan fingerprint density at radius 3 is 2.12 bits per heavy atom.